The second kappa shape index (κ2) is 7.83. The predicted octanol–water partition coefficient (Wildman–Crippen LogP) is 6.25. The molecule has 0 bridgehead atoms. The van der Waals surface area contributed by atoms with Crippen LogP contribution >= 0.6 is 0 Å². The highest BCUT2D eigenvalue weighted by Gasteiger charge is 2.60. The largest absolute Gasteiger partial charge is 0.496 e. The zero-order valence-electron chi connectivity index (χ0n) is 19.4. The summed E-state index contributed by atoms with van der Waals surface area (Å²) in [7, 11) is 1.75. The third-order valence-electron chi connectivity index (χ3n) is 8.39. The number of carboxylic acids is 1. The molecule has 0 heterocycles. The van der Waals surface area contributed by atoms with E-state index >= 15 is 0 Å². The molecule has 4 nitrogen and oxygen atoms in total. The fraction of sp³-hybridized carbons (Fsp3) is 0.536. The number of aryl methyl sites for hydroxylation is 1. The van der Waals surface area contributed by atoms with Crippen LogP contribution in [-0.2, 0) is 23.2 Å². The summed E-state index contributed by atoms with van der Waals surface area (Å²) in [5, 5.41) is 9.57. The Kier molecular flexibility index (Phi) is 5.22. The van der Waals surface area contributed by atoms with Gasteiger partial charge in [0.05, 0.1) is 13.0 Å². The van der Waals surface area contributed by atoms with E-state index in [0.29, 0.717) is 12.5 Å². The Morgan fingerprint density at radius 1 is 1.12 bits per heavy atom. The zero-order valence-corrected chi connectivity index (χ0v) is 19.4. The van der Waals surface area contributed by atoms with Gasteiger partial charge in [-0.15, -0.1) is 0 Å². The van der Waals surface area contributed by atoms with E-state index in [4.69, 9.17) is 9.47 Å². The normalized spacial score (nSPS) is 27.7. The highest BCUT2D eigenvalue weighted by atomic mass is 16.5. The van der Waals surface area contributed by atoms with Crippen LogP contribution in [0, 0.1) is 11.3 Å². The van der Waals surface area contributed by atoms with Gasteiger partial charge in [-0.2, -0.15) is 0 Å². The maximum absolute atomic E-state index is 11.6. The number of benzene rings is 2. The maximum atomic E-state index is 11.6. The SMILES string of the molecule is COc1ccc(COc2ccc3c(c2)C2(CCC3)CC2C(=O)O)cc1C1CCCC1(C)C. The quantitative estimate of drug-likeness (QED) is 0.584. The molecule has 1 spiro atoms. The fourth-order valence-corrected chi connectivity index (χ4v) is 6.47. The van der Waals surface area contributed by atoms with Gasteiger partial charge in [0, 0.05) is 5.41 Å². The Balaban J connectivity index is 1.36. The lowest BCUT2D eigenvalue weighted by Gasteiger charge is -2.29. The van der Waals surface area contributed by atoms with E-state index in [-0.39, 0.29) is 16.7 Å². The van der Waals surface area contributed by atoms with Crippen molar-refractivity contribution in [2.75, 3.05) is 7.11 Å². The molecule has 2 fully saturated rings. The molecule has 170 valence electrons. The average Bonchev–Trinajstić information content (AvgIpc) is 3.39. The number of aliphatic carboxylic acids is 1. The lowest BCUT2D eigenvalue weighted by molar-refractivity contribution is -0.139. The molecule has 2 aromatic carbocycles. The summed E-state index contributed by atoms with van der Waals surface area (Å²) >= 11 is 0. The van der Waals surface area contributed by atoms with Crippen molar-refractivity contribution in [2.45, 2.75) is 76.7 Å². The monoisotopic (exact) mass is 434 g/mol. The van der Waals surface area contributed by atoms with Gasteiger partial charge in [0.2, 0.25) is 0 Å². The van der Waals surface area contributed by atoms with Crippen LogP contribution in [0.2, 0.25) is 0 Å². The Labute approximate surface area is 190 Å². The van der Waals surface area contributed by atoms with Crippen molar-refractivity contribution in [3.63, 3.8) is 0 Å². The summed E-state index contributed by atoms with van der Waals surface area (Å²) in [6.45, 7) is 5.22. The van der Waals surface area contributed by atoms with Crippen LogP contribution < -0.4 is 9.47 Å². The first-order valence-corrected chi connectivity index (χ1v) is 12.0. The highest BCUT2D eigenvalue weighted by Crippen LogP contribution is 2.60. The molecule has 0 radical (unpaired) electrons. The Morgan fingerprint density at radius 2 is 1.97 bits per heavy atom. The number of ether oxygens (including phenoxy) is 2. The van der Waals surface area contributed by atoms with Gasteiger partial charge in [-0.1, -0.05) is 32.4 Å². The van der Waals surface area contributed by atoms with Crippen molar-refractivity contribution in [3.8, 4) is 11.5 Å². The van der Waals surface area contributed by atoms with Gasteiger partial charge in [-0.25, -0.2) is 0 Å². The summed E-state index contributed by atoms with van der Waals surface area (Å²) in [5.74, 6) is 1.40. The Bertz CT molecular complexity index is 1040. The van der Waals surface area contributed by atoms with Crippen molar-refractivity contribution < 1.29 is 19.4 Å². The molecular weight excluding hydrogens is 400 g/mol. The van der Waals surface area contributed by atoms with Crippen LogP contribution in [0.3, 0.4) is 0 Å². The van der Waals surface area contributed by atoms with Gasteiger partial charge in [-0.05, 0) is 96.4 Å². The molecule has 0 aromatic heterocycles. The van der Waals surface area contributed by atoms with E-state index in [1.807, 2.05) is 6.07 Å². The van der Waals surface area contributed by atoms with Crippen LogP contribution in [0.5, 0.6) is 11.5 Å². The van der Waals surface area contributed by atoms with Crippen molar-refractivity contribution in [1.82, 2.24) is 0 Å². The molecule has 0 amide bonds. The van der Waals surface area contributed by atoms with E-state index < -0.39 is 5.97 Å². The molecule has 0 aliphatic heterocycles. The van der Waals surface area contributed by atoms with Crippen LogP contribution in [0.15, 0.2) is 36.4 Å². The van der Waals surface area contributed by atoms with Crippen molar-refractivity contribution >= 4 is 5.97 Å². The van der Waals surface area contributed by atoms with E-state index in [0.717, 1.165) is 42.7 Å². The number of rotatable bonds is 6. The van der Waals surface area contributed by atoms with Gasteiger partial charge in [0.1, 0.15) is 18.1 Å². The minimum Gasteiger partial charge on any atom is -0.496 e. The van der Waals surface area contributed by atoms with E-state index in [1.54, 1.807) is 7.11 Å². The van der Waals surface area contributed by atoms with Crippen LogP contribution in [0.4, 0.5) is 0 Å². The van der Waals surface area contributed by atoms with Gasteiger partial charge in [0.25, 0.3) is 0 Å². The number of methoxy groups -OCH3 is 1. The van der Waals surface area contributed by atoms with Gasteiger partial charge < -0.3 is 14.6 Å². The van der Waals surface area contributed by atoms with E-state index in [1.165, 1.54) is 36.0 Å². The van der Waals surface area contributed by atoms with Crippen LogP contribution in [-0.4, -0.2) is 18.2 Å². The molecule has 0 saturated heterocycles. The molecule has 1 N–H and O–H groups in total. The van der Waals surface area contributed by atoms with Crippen molar-refractivity contribution in [2.24, 2.45) is 11.3 Å². The first kappa shape index (κ1) is 21.4. The van der Waals surface area contributed by atoms with Crippen LogP contribution in [0.1, 0.15) is 80.5 Å². The van der Waals surface area contributed by atoms with Gasteiger partial charge >= 0.3 is 5.97 Å². The lowest BCUT2D eigenvalue weighted by Crippen LogP contribution is -2.21. The standard InChI is InChI=1S/C28H34O4/c1-27(2)12-5-7-22(27)21-14-18(8-11-25(21)31-3)17-32-20-10-9-19-6-4-13-28(23(19)15-20)16-24(28)26(29)30/h8-11,14-15,22,24H,4-7,12-13,16-17H2,1-3H3,(H,29,30). The first-order valence-electron chi connectivity index (χ1n) is 12.0. The number of hydrogen-bond donors (Lipinski definition) is 1. The summed E-state index contributed by atoms with van der Waals surface area (Å²) in [6.07, 6.45) is 7.54. The number of fused-ring (bicyclic) bond motifs is 2. The number of carboxylic acid groups (broad SMARTS) is 1. The number of carbonyl (C=O) groups is 1. The molecule has 2 saturated carbocycles. The number of hydrogen-bond acceptors (Lipinski definition) is 3. The molecule has 4 heteroatoms. The third kappa shape index (κ3) is 3.58. The third-order valence-corrected chi connectivity index (χ3v) is 8.39. The Morgan fingerprint density at radius 3 is 2.66 bits per heavy atom. The minimum absolute atomic E-state index is 0.167. The molecule has 5 rings (SSSR count). The topological polar surface area (TPSA) is 55.8 Å². The smallest absolute Gasteiger partial charge is 0.307 e. The maximum Gasteiger partial charge on any atom is 0.307 e. The highest BCUT2D eigenvalue weighted by molar-refractivity contribution is 5.78. The predicted molar refractivity (Wildman–Crippen MR) is 124 cm³/mol. The fourth-order valence-electron chi connectivity index (χ4n) is 6.47. The minimum atomic E-state index is -0.662. The van der Waals surface area contributed by atoms with Gasteiger partial charge in [-0.3, -0.25) is 4.79 Å². The molecule has 32 heavy (non-hydrogen) atoms. The molecule has 3 atom stereocenters. The zero-order chi connectivity index (χ0) is 22.5. The molecule has 2 aromatic rings. The van der Waals surface area contributed by atoms with E-state index in [2.05, 4.69) is 44.2 Å². The molecule has 3 aliphatic carbocycles. The second-order valence-corrected chi connectivity index (χ2v) is 10.7. The average molecular weight is 435 g/mol. The summed E-state index contributed by atoms with van der Waals surface area (Å²) in [6, 6.07) is 12.7. The van der Waals surface area contributed by atoms with Gasteiger partial charge in [0.15, 0.2) is 0 Å². The molecule has 3 aliphatic rings. The lowest BCUT2D eigenvalue weighted by atomic mass is 9.77. The van der Waals surface area contributed by atoms with Crippen molar-refractivity contribution in [3.05, 3.63) is 58.7 Å². The Hall–Kier alpha value is -2.49. The van der Waals surface area contributed by atoms with E-state index in [9.17, 15) is 9.90 Å². The summed E-state index contributed by atoms with van der Waals surface area (Å²) in [4.78, 5) is 11.6. The van der Waals surface area contributed by atoms with Crippen LogP contribution in [0.25, 0.3) is 0 Å². The summed E-state index contributed by atoms with van der Waals surface area (Å²) in [5.41, 5.74) is 5.05. The molecule has 3 unspecified atom stereocenters. The summed E-state index contributed by atoms with van der Waals surface area (Å²) < 4.78 is 11.9. The second-order valence-electron chi connectivity index (χ2n) is 10.7. The van der Waals surface area contributed by atoms with Crippen molar-refractivity contribution in [1.29, 1.82) is 0 Å². The molecular formula is C28H34O4. The first-order chi connectivity index (χ1) is 15.3.